The lowest BCUT2D eigenvalue weighted by molar-refractivity contribution is -0.121. The molecule has 3 N–H and O–H groups in total. The van der Waals surface area contributed by atoms with Crippen molar-refractivity contribution in [3.8, 4) is 0 Å². The summed E-state index contributed by atoms with van der Waals surface area (Å²) in [5.74, 6) is -0.251. The van der Waals surface area contributed by atoms with Gasteiger partial charge in [0.2, 0.25) is 5.91 Å². The first kappa shape index (κ1) is 16.9. The van der Waals surface area contributed by atoms with Crippen LogP contribution >= 0.6 is 12.4 Å². The fraction of sp³-hybridized carbons (Fsp3) is 0.692. The summed E-state index contributed by atoms with van der Waals surface area (Å²) in [6.07, 6.45) is 5.07. The number of urea groups is 1. The molecule has 0 aromatic carbocycles. The van der Waals surface area contributed by atoms with Gasteiger partial charge in [-0.1, -0.05) is 6.08 Å². The van der Waals surface area contributed by atoms with Crippen LogP contribution in [0.1, 0.15) is 19.3 Å². The van der Waals surface area contributed by atoms with Crippen LogP contribution in [-0.2, 0) is 4.79 Å². The Hall–Kier alpha value is -1.11. The van der Waals surface area contributed by atoms with E-state index in [4.69, 9.17) is 0 Å². The summed E-state index contributed by atoms with van der Waals surface area (Å²) < 4.78 is 0. The molecule has 0 aliphatic carbocycles. The highest BCUT2D eigenvalue weighted by molar-refractivity contribution is 5.95. The van der Waals surface area contributed by atoms with Crippen molar-refractivity contribution in [2.75, 3.05) is 26.2 Å². The van der Waals surface area contributed by atoms with Gasteiger partial charge in [-0.2, -0.15) is 0 Å². The molecule has 0 saturated carbocycles. The van der Waals surface area contributed by atoms with Crippen molar-refractivity contribution < 1.29 is 9.59 Å². The minimum Gasteiger partial charge on any atom is -0.334 e. The summed E-state index contributed by atoms with van der Waals surface area (Å²) in [6.45, 7) is 5.94. The number of hydrogen-bond acceptors (Lipinski definition) is 4. The van der Waals surface area contributed by atoms with Crippen LogP contribution in [0.4, 0.5) is 4.79 Å². The highest BCUT2D eigenvalue weighted by Gasteiger charge is 2.29. The average Bonchev–Trinajstić information content (AvgIpc) is 2.70. The molecule has 114 valence electrons. The molecule has 3 amide bonds. The topological polar surface area (TPSA) is 73.5 Å². The van der Waals surface area contributed by atoms with Crippen molar-refractivity contribution in [3.05, 3.63) is 12.7 Å². The molecule has 0 radical (unpaired) electrons. The average molecular weight is 303 g/mol. The Balaban J connectivity index is 0.00000200. The van der Waals surface area contributed by atoms with Crippen molar-refractivity contribution in [3.63, 3.8) is 0 Å². The molecule has 7 heteroatoms. The van der Waals surface area contributed by atoms with Crippen LogP contribution < -0.4 is 16.0 Å². The van der Waals surface area contributed by atoms with Crippen molar-refractivity contribution in [2.45, 2.75) is 31.3 Å². The third-order valence-electron chi connectivity index (χ3n) is 3.63. The second-order valence-corrected chi connectivity index (χ2v) is 5.21. The predicted octanol–water partition coefficient (Wildman–Crippen LogP) is 0.246. The quantitative estimate of drug-likeness (QED) is 0.651. The number of fused-ring (bicyclic) bond motifs is 2. The van der Waals surface area contributed by atoms with Gasteiger partial charge in [0.25, 0.3) is 0 Å². The predicted molar refractivity (Wildman–Crippen MR) is 80.0 cm³/mol. The molecule has 2 aliphatic heterocycles. The molecule has 2 fully saturated rings. The Kier molecular flexibility index (Phi) is 6.98. The van der Waals surface area contributed by atoms with E-state index in [1.807, 2.05) is 0 Å². The van der Waals surface area contributed by atoms with E-state index in [-0.39, 0.29) is 24.9 Å². The van der Waals surface area contributed by atoms with Crippen molar-refractivity contribution in [1.29, 1.82) is 0 Å². The van der Waals surface area contributed by atoms with Crippen molar-refractivity contribution in [2.24, 2.45) is 0 Å². The van der Waals surface area contributed by atoms with Gasteiger partial charge in [0.15, 0.2) is 0 Å². The SMILES string of the molecule is C=CCNC(=O)NC(=O)CN1CCC2CCC(C1)N2.Cl. The highest BCUT2D eigenvalue weighted by atomic mass is 35.5. The Morgan fingerprint density at radius 2 is 2.05 bits per heavy atom. The van der Waals surface area contributed by atoms with Crippen molar-refractivity contribution in [1.82, 2.24) is 20.9 Å². The highest BCUT2D eigenvalue weighted by Crippen LogP contribution is 2.19. The Morgan fingerprint density at radius 3 is 2.80 bits per heavy atom. The summed E-state index contributed by atoms with van der Waals surface area (Å²) in [7, 11) is 0. The van der Waals surface area contributed by atoms with Gasteiger partial charge in [-0.3, -0.25) is 15.0 Å². The summed E-state index contributed by atoms with van der Waals surface area (Å²) in [5.41, 5.74) is 0. The first-order valence-electron chi connectivity index (χ1n) is 6.84. The van der Waals surface area contributed by atoms with Gasteiger partial charge in [0.1, 0.15) is 0 Å². The maximum atomic E-state index is 11.7. The maximum Gasteiger partial charge on any atom is 0.321 e. The smallest absolute Gasteiger partial charge is 0.321 e. The number of amides is 3. The Labute approximate surface area is 125 Å². The summed E-state index contributed by atoms with van der Waals surface area (Å²) >= 11 is 0. The molecule has 0 aromatic heterocycles. The van der Waals surface area contributed by atoms with Gasteiger partial charge >= 0.3 is 6.03 Å². The van der Waals surface area contributed by atoms with E-state index in [1.165, 1.54) is 12.8 Å². The van der Waals surface area contributed by atoms with Crippen LogP contribution in [-0.4, -0.2) is 55.1 Å². The fourth-order valence-corrected chi connectivity index (χ4v) is 2.74. The zero-order valence-corrected chi connectivity index (χ0v) is 12.4. The summed E-state index contributed by atoms with van der Waals surface area (Å²) in [5, 5.41) is 8.41. The number of carbonyl (C=O) groups excluding carboxylic acids is 2. The normalized spacial score (nSPS) is 25.2. The molecular weight excluding hydrogens is 280 g/mol. The second-order valence-electron chi connectivity index (χ2n) is 5.21. The van der Waals surface area contributed by atoms with Gasteiger partial charge in [-0.15, -0.1) is 19.0 Å². The van der Waals surface area contributed by atoms with Crippen LogP contribution in [0, 0.1) is 0 Å². The molecule has 2 heterocycles. The van der Waals surface area contributed by atoms with E-state index >= 15 is 0 Å². The zero-order chi connectivity index (χ0) is 13.7. The van der Waals surface area contributed by atoms with Crippen molar-refractivity contribution >= 4 is 24.3 Å². The van der Waals surface area contributed by atoms with E-state index in [0.29, 0.717) is 18.6 Å². The van der Waals surface area contributed by atoms with Gasteiger partial charge in [0, 0.05) is 31.7 Å². The number of carbonyl (C=O) groups is 2. The van der Waals surface area contributed by atoms with Gasteiger partial charge in [0.05, 0.1) is 6.54 Å². The van der Waals surface area contributed by atoms with E-state index in [0.717, 1.165) is 19.5 Å². The zero-order valence-electron chi connectivity index (χ0n) is 11.6. The third-order valence-corrected chi connectivity index (χ3v) is 3.63. The monoisotopic (exact) mass is 302 g/mol. The number of rotatable bonds is 4. The standard InChI is InChI=1S/C13H22N4O2.ClH/c1-2-6-14-13(19)16-12(18)9-17-7-5-10-3-4-11(8-17)15-10;/h2,10-11,15H,1,3-9H2,(H2,14,16,18,19);1H. The van der Waals surface area contributed by atoms with E-state index < -0.39 is 6.03 Å². The number of nitrogens with one attached hydrogen (secondary N) is 3. The molecule has 6 nitrogen and oxygen atoms in total. The lowest BCUT2D eigenvalue weighted by atomic mass is 10.1. The number of hydrogen-bond donors (Lipinski definition) is 3. The number of nitrogens with zero attached hydrogens (tertiary/aromatic N) is 1. The van der Waals surface area contributed by atoms with E-state index in [2.05, 4.69) is 27.4 Å². The van der Waals surface area contributed by atoms with Crippen LogP contribution in [0.5, 0.6) is 0 Å². The Morgan fingerprint density at radius 1 is 1.30 bits per heavy atom. The number of halogens is 1. The molecule has 2 rings (SSSR count). The summed E-state index contributed by atoms with van der Waals surface area (Å²) in [6, 6.07) is 0.642. The molecule has 2 unspecified atom stereocenters. The molecule has 2 aliphatic rings. The molecule has 0 spiro atoms. The van der Waals surface area contributed by atoms with Crippen LogP contribution in [0.2, 0.25) is 0 Å². The van der Waals surface area contributed by atoms with Crippen LogP contribution in [0.3, 0.4) is 0 Å². The molecule has 2 atom stereocenters. The number of likely N-dealkylation sites (tertiary alicyclic amines) is 1. The lowest BCUT2D eigenvalue weighted by Crippen LogP contribution is -2.46. The van der Waals surface area contributed by atoms with Gasteiger partial charge in [-0.25, -0.2) is 4.79 Å². The van der Waals surface area contributed by atoms with Crippen LogP contribution in [0.15, 0.2) is 12.7 Å². The first-order chi connectivity index (χ1) is 9.17. The van der Waals surface area contributed by atoms with E-state index in [1.54, 1.807) is 6.08 Å². The van der Waals surface area contributed by atoms with Gasteiger partial charge in [-0.05, 0) is 19.3 Å². The maximum absolute atomic E-state index is 11.7. The molecule has 2 saturated heterocycles. The first-order valence-corrected chi connectivity index (χ1v) is 6.84. The third kappa shape index (κ3) is 5.11. The fourth-order valence-electron chi connectivity index (χ4n) is 2.74. The van der Waals surface area contributed by atoms with Gasteiger partial charge < -0.3 is 10.6 Å². The molecule has 2 bridgehead atoms. The summed E-state index contributed by atoms with van der Waals surface area (Å²) in [4.78, 5) is 25.2. The Bertz CT molecular complexity index is 364. The molecule has 0 aromatic rings. The minimum absolute atomic E-state index is 0. The largest absolute Gasteiger partial charge is 0.334 e. The minimum atomic E-state index is -0.459. The molecule has 20 heavy (non-hydrogen) atoms. The lowest BCUT2D eigenvalue weighted by Gasteiger charge is -2.23. The molecular formula is C13H23ClN4O2. The second kappa shape index (κ2) is 8.24. The van der Waals surface area contributed by atoms with E-state index in [9.17, 15) is 9.59 Å². The van der Waals surface area contributed by atoms with Crippen LogP contribution in [0.25, 0.3) is 0 Å². The number of imide groups is 1.